The fourth-order valence-corrected chi connectivity index (χ4v) is 2.03. The quantitative estimate of drug-likeness (QED) is 0.688. The van der Waals surface area contributed by atoms with Crippen LogP contribution in [-0.2, 0) is 4.84 Å². The van der Waals surface area contributed by atoms with Crippen molar-refractivity contribution in [2.24, 2.45) is 5.16 Å². The van der Waals surface area contributed by atoms with Crippen LogP contribution in [0.2, 0.25) is 5.02 Å². The molecule has 108 valence electrons. The highest BCUT2D eigenvalue weighted by molar-refractivity contribution is 6.34. The van der Waals surface area contributed by atoms with Crippen LogP contribution in [0.1, 0.15) is 21.5 Å². The number of carbonyl (C=O) groups is 1. The molecule has 0 aliphatic rings. The van der Waals surface area contributed by atoms with Crippen LogP contribution in [0, 0.1) is 6.92 Å². The molecule has 0 radical (unpaired) electrons. The second kappa shape index (κ2) is 6.90. The van der Waals surface area contributed by atoms with Crippen molar-refractivity contribution in [3.05, 3.63) is 64.2 Å². The lowest BCUT2D eigenvalue weighted by molar-refractivity contribution is 0.102. The molecule has 2 aromatic rings. The average Bonchev–Trinajstić information content (AvgIpc) is 2.48. The summed E-state index contributed by atoms with van der Waals surface area (Å²) >= 11 is 6.10. The predicted octanol–water partition coefficient (Wildman–Crippen LogP) is 3.88. The zero-order valence-electron chi connectivity index (χ0n) is 11.8. The van der Waals surface area contributed by atoms with Gasteiger partial charge in [-0.2, -0.15) is 0 Å². The Hall–Kier alpha value is -2.33. The van der Waals surface area contributed by atoms with Gasteiger partial charge in [0.15, 0.2) is 0 Å². The Morgan fingerprint density at radius 2 is 1.95 bits per heavy atom. The molecule has 0 fully saturated rings. The number of benzene rings is 2. The minimum Gasteiger partial charge on any atom is -0.399 e. The number of hydrogen-bond acceptors (Lipinski definition) is 3. The molecule has 0 aromatic heterocycles. The lowest BCUT2D eigenvalue weighted by Crippen LogP contribution is -2.12. The highest BCUT2D eigenvalue weighted by atomic mass is 35.5. The highest BCUT2D eigenvalue weighted by Gasteiger charge is 2.08. The minimum absolute atomic E-state index is 0.212. The Labute approximate surface area is 128 Å². The summed E-state index contributed by atoms with van der Waals surface area (Å²) in [6.07, 6.45) is 1.57. The molecule has 0 unspecified atom stereocenters. The number of anilines is 1. The SMILES string of the molecule is CO/N=C/c1ccc(C(=O)Nc2ccc(C)cc2Cl)cc1. The highest BCUT2D eigenvalue weighted by Crippen LogP contribution is 2.23. The standard InChI is InChI=1S/C16H15ClN2O2/c1-11-3-8-15(14(17)9-11)19-16(20)13-6-4-12(5-7-13)10-18-21-2/h3-10H,1-2H3,(H,19,20)/b18-10+. The van der Waals surface area contributed by atoms with Gasteiger partial charge >= 0.3 is 0 Å². The van der Waals surface area contributed by atoms with E-state index >= 15 is 0 Å². The molecular formula is C16H15ClN2O2. The first-order chi connectivity index (χ1) is 10.1. The summed E-state index contributed by atoms with van der Waals surface area (Å²) in [6.45, 7) is 1.94. The summed E-state index contributed by atoms with van der Waals surface area (Å²) in [4.78, 5) is 16.7. The number of carbonyl (C=O) groups excluding carboxylic acids is 1. The summed E-state index contributed by atoms with van der Waals surface area (Å²) in [5.74, 6) is -0.212. The van der Waals surface area contributed by atoms with Crippen LogP contribution in [0.25, 0.3) is 0 Å². The van der Waals surface area contributed by atoms with Gasteiger partial charge in [0.05, 0.1) is 16.9 Å². The van der Waals surface area contributed by atoms with E-state index in [9.17, 15) is 4.79 Å². The van der Waals surface area contributed by atoms with E-state index in [4.69, 9.17) is 11.6 Å². The fourth-order valence-electron chi connectivity index (χ4n) is 1.75. The van der Waals surface area contributed by atoms with Gasteiger partial charge in [-0.25, -0.2) is 0 Å². The van der Waals surface area contributed by atoms with Crippen LogP contribution in [0.3, 0.4) is 0 Å². The van der Waals surface area contributed by atoms with Crippen LogP contribution < -0.4 is 5.32 Å². The molecule has 0 atom stereocenters. The first kappa shape index (κ1) is 15.1. The van der Waals surface area contributed by atoms with Crippen molar-refractivity contribution in [2.45, 2.75) is 6.92 Å². The number of aryl methyl sites for hydroxylation is 1. The second-order valence-electron chi connectivity index (χ2n) is 4.48. The Kier molecular flexibility index (Phi) is 4.95. The van der Waals surface area contributed by atoms with Gasteiger partial charge in [0.1, 0.15) is 7.11 Å². The maximum absolute atomic E-state index is 12.1. The number of nitrogens with zero attached hydrogens (tertiary/aromatic N) is 1. The molecule has 2 aromatic carbocycles. The zero-order valence-corrected chi connectivity index (χ0v) is 12.5. The third-order valence-corrected chi connectivity index (χ3v) is 3.17. The van der Waals surface area contributed by atoms with Gasteiger partial charge in [-0.1, -0.05) is 35.0 Å². The third kappa shape index (κ3) is 4.07. The van der Waals surface area contributed by atoms with Crippen molar-refractivity contribution in [3.8, 4) is 0 Å². The van der Waals surface area contributed by atoms with Gasteiger partial charge in [0.25, 0.3) is 5.91 Å². The molecule has 21 heavy (non-hydrogen) atoms. The van der Waals surface area contributed by atoms with Gasteiger partial charge in [-0.05, 0) is 42.3 Å². The first-order valence-corrected chi connectivity index (χ1v) is 6.72. The van der Waals surface area contributed by atoms with Gasteiger partial charge in [0.2, 0.25) is 0 Å². The molecular weight excluding hydrogens is 288 g/mol. The normalized spacial score (nSPS) is 10.6. The maximum Gasteiger partial charge on any atom is 0.255 e. The third-order valence-electron chi connectivity index (χ3n) is 2.85. The molecule has 1 N–H and O–H groups in total. The fraction of sp³-hybridized carbons (Fsp3) is 0.125. The number of amides is 1. The van der Waals surface area contributed by atoms with Crippen molar-refractivity contribution >= 4 is 29.4 Å². The Morgan fingerprint density at radius 3 is 2.57 bits per heavy atom. The Balaban J connectivity index is 2.11. The van der Waals surface area contributed by atoms with Crippen molar-refractivity contribution in [3.63, 3.8) is 0 Å². The summed E-state index contributed by atoms with van der Waals surface area (Å²) in [5.41, 5.74) is 3.03. The van der Waals surface area contributed by atoms with Crippen LogP contribution in [-0.4, -0.2) is 19.2 Å². The molecule has 0 aliphatic heterocycles. The predicted molar refractivity (Wildman–Crippen MR) is 85.2 cm³/mol. The van der Waals surface area contributed by atoms with Crippen molar-refractivity contribution < 1.29 is 9.63 Å². The number of rotatable bonds is 4. The number of halogens is 1. The molecule has 1 amide bonds. The number of oxime groups is 1. The van der Waals surface area contributed by atoms with Gasteiger partial charge in [-0.3, -0.25) is 4.79 Å². The Morgan fingerprint density at radius 1 is 1.24 bits per heavy atom. The Bertz CT molecular complexity index is 666. The minimum atomic E-state index is -0.212. The van der Waals surface area contributed by atoms with Gasteiger partial charge in [-0.15, -0.1) is 0 Å². The van der Waals surface area contributed by atoms with E-state index < -0.39 is 0 Å². The molecule has 0 saturated carbocycles. The van der Waals surface area contributed by atoms with Crippen LogP contribution in [0.5, 0.6) is 0 Å². The monoisotopic (exact) mass is 302 g/mol. The average molecular weight is 303 g/mol. The van der Waals surface area contributed by atoms with E-state index in [1.807, 2.05) is 19.1 Å². The van der Waals surface area contributed by atoms with Crippen molar-refractivity contribution in [1.82, 2.24) is 0 Å². The summed E-state index contributed by atoms with van der Waals surface area (Å²) in [7, 11) is 1.48. The molecule has 2 rings (SSSR count). The number of nitrogens with one attached hydrogen (secondary N) is 1. The lowest BCUT2D eigenvalue weighted by Gasteiger charge is -2.08. The largest absolute Gasteiger partial charge is 0.399 e. The van der Waals surface area contributed by atoms with Crippen LogP contribution >= 0.6 is 11.6 Å². The first-order valence-electron chi connectivity index (χ1n) is 6.34. The van der Waals surface area contributed by atoms with Crippen molar-refractivity contribution in [2.75, 3.05) is 12.4 Å². The molecule has 4 nitrogen and oxygen atoms in total. The topological polar surface area (TPSA) is 50.7 Å². The van der Waals surface area contributed by atoms with E-state index in [1.54, 1.807) is 36.5 Å². The van der Waals surface area contributed by atoms with Crippen LogP contribution in [0.4, 0.5) is 5.69 Å². The molecule has 0 heterocycles. The van der Waals surface area contributed by atoms with Gasteiger partial charge in [0, 0.05) is 5.56 Å². The van der Waals surface area contributed by atoms with E-state index in [2.05, 4.69) is 15.3 Å². The van der Waals surface area contributed by atoms with Crippen molar-refractivity contribution in [1.29, 1.82) is 0 Å². The van der Waals surface area contributed by atoms with E-state index in [-0.39, 0.29) is 5.91 Å². The maximum atomic E-state index is 12.1. The molecule has 0 saturated heterocycles. The molecule has 0 spiro atoms. The summed E-state index contributed by atoms with van der Waals surface area (Å²) < 4.78 is 0. The molecule has 0 bridgehead atoms. The lowest BCUT2D eigenvalue weighted by atomic mass is 10.1. The zero-order chi connectivity index (χ0) is 15.2. The van der Waals surface area contributed by atoms with Crippen LogP contribution in [0.15, 0.2) is 47.6 Å². The van der Waals surface area contributed by atoms with E-state index in [1.165, 1.54) is 7.11 Å². The summed E-state index contributed by atoms with van der Waals surface area (Å²) in [5, 5.41) is 6.97. The summed E-state index contributed by atoms with van der Waals surface area (Å²) in [6, 6.07) is 12.5. The molecule has 0 aliphatic carbocycles. The molecule has 5 heteroatoms. The smallest absolute Gasteiger partial charge is 0.255 e. The van der Waals surface area contributed by atoms with E-state index in [0.29, 0.717) is 16.3 Å². The second-order valence-corrected chi connectivity index (χ2v) is 4.88. The van der Waals surface area contributed by atoms with Gasteiger partial charge < -0.3 is 10.2 Å². The van der Waals surface area contributed by atoms with E-state index in [0.717, 1.165) is 11.1 Å². The number of hydrogen-bond donors (Lipinski definition) is 1.